The summed E-state index contributed by atoms with van der Waals surface area (Å²) in [6, 6.07) is 6.78. The lowest BCUT2D eigenvalue weighted by atomic mass is 10.0. The summed E-state index contributed by atoms with van der Waals surface area (Å²) in [7, 11) is 0. The van der Waals surface area contributed by atoms with Gasteiger partial charge < -0.3 is 15.2 Å². The second-order valence-electron chi connectivity index (χ2n) is 6.31. The standard InChI is InChI=1S/C17H25NO4/c1-5-6-12-7-9-13(10-8-12)11-14(15(19)20)18-16(21)22-17(2,3)4/h7-10,14H,5-6,11H2,1-4H3,(H,18,21)(H,19,20)/t14-/m0/s1. The van der Waals surface area contributed by atoms with Crippen LogP contribution >= 0.6 is 0 Å². The Morgan fingerprint density at radius 1 is 1.18 bits per heavy atom. The van der Waals surface area contributed by atoms with Gasteiger partial charge in [0.1, 0.15) is 11.6 Å². The molecule has 0 saturated heterocycles. The zero-order valence-corrected chi connectivity index (χ0v) is 13.7. The van der Waals surface area contributed by atoms with E-state index in [1.807, 2.05) is 24.3 Å². The lowest BCUT2D eigenvalue weighted by molar-refractivity contribution is -0.139. The third-order valence-corrected chi connectivity index (χ3v) is 2.99. The molecule has 0 unspecified atom stereocenters. The quantitative estimate of drug-likeness (QED) is 0.846. The molecule has 0 bridgehead atoms. The number of aliphatic carboxylic acids is 1. The summed E-state index contributed by atoms with van der Waals surface area (Å²) in [5.41, 5.74) is 1.43. The monoisotopic (exact) mass is 307 g/mol. The van der Waals surface area contributed by atoms with E-state index in [0.29, 0.717) is 0 Å². The maximum absolute atomic E-state index is 11.7. The largest absolute Gasteiger partial charge is 0.480 e. The Morgan fingerprint density at radius 2 is 1.73 bits per heavy atom. The predicted molar refractivity (Wildman–Crippen MR) is 84.9 cm³/mol. The molecule has 0 heterocycles. The van der Waals surface area contributed by atoms with E-state index in [2.05, 4.69) is 12.2 Å². The minimum atomic E-state index is -1.08. The van der Waals surface area contributed by atoms with E-state index in [0.717, 1.165) is 18.4 Å². The van der Waals surface area contributed by atoms with E-state index in [-0.39, 0.29) is 6.42 Å². The molecule has 5 nitrogen and oxygen atoms in total. The fourth-order valence-corrected chi connectivity index (χ4v) is 2.02. The van der Waals surface area contributed by atoms with Crippen LogP contribution in [0.25, 0.3) is 0 Å². The number of ether oxygens (including phenoxy) is 1. The van der Waals surface area contributed by atoms with Crippen molar-refractivity contribution < 1.29 is 19.4 Å². The molecule has 0 aliphatic heterocycles. The molecular formula is C17H25NO4. The molecule has 1 rings (SSSR count). The van der Waals surface area contributed by atoms with Crippen LogP contribution in [0.3, 0.4) is 0 Å². The summed E-state index contributed by atoms with van der Waals surface area (Å²) in [5, 5.41) is 11.7. The summed E-state index contributed by atoms with van der Waals surface area (Å²) in [6.45, 7) is 7.30. The minimum Gasteiger partial charge on any atom is -0.480 e. The lowest BCUT2D eigenvalue weighted by Crippen LogP contribution is -2.44. The molecule has 0 aromatic heterocycles. The fourth-order valence-electron chi connectivity index (χ4n) is 2.02. The van der Waals surface area contributed by atoms with Crippen LogP contribution in [0.5, 0.6) is 0 Å². The van der Waals surface area contributed by atoms with Crippen LogP contribution in [0.1, 0.15) is 45.2 Å². The summed E-state index contributed by atoms with van der Waals surface area (Å²) in [4.78, 5) is 23.0. The number of amides is 1. The second kappa shape index (κ2) is 7.82. The van der Waals surface area contributed by atoms with Crippen molar-refractivity contribution in [3.8, 4) is 0 Å². The van der Waals surface area contributed by atoms with Crippen molar-refractivity contribution in [2.24, 2.45) is 0 Å². The first kappa shape index (κ1) is 18.0. The van der Waals surface area contributed by atoms with E-state index >= 15 is 0 Å². The van der Waals surface area contributed by atoms with Gasteiger partial charge in [-0.25, -0.2) is 9.59 Å². The Kier molecular flexibility index (Phi) is 6.40. The zero-order chi connectivity index (χ0) is 16.8. The van der Waals surface area contributed by atoms with E-state index < -0.39 is 23.7 Å². The van der Waals surface area contributed by atoms with Gasteiger partial charge in [0.25, 0.3) is 0 Å². The second-order valence-corrected chi connectivity index (χ2v) is 6.31. The van der Waals surface area contributed by atoms with Gasteiger partial charge in [0.15, 0.2) is 0 Å². The van der Waals surface area contributed by atoms with Gasteiger partial charge in [-0.15, -0.1) is 0 Å². The average molecular weight is 307 g/mol. The van der Waals surface area contributed by atoms with Crippen molar-refractivity contribution in [3.05, 3.63) is 35.4 Å². The minimum absolute atomic E-state index is 0.223. The highest BCUT2D eigenvalue weighted by Crippen LogP contribution is 2.11. The van der Waals surface area contributed by atoms with Gasteiger partial charge in [-0.2, -0.15) is 0 Å². The van der Waals surface area contributed by atoms with E-state index in [1.54, 1.807) is 20.8 Å². The highest BCUT2D eigenvalue weighted by molar-refractivity contribution is 5.80. The molecule has 22 heavy (non-hydrogen) atoms. The van der Waals surface area contributed by atoms with Gasteiger partial charge in [-0.05, 0) is 38.3 Å². The molecule has 122 valence electrons. The highest BCUT2D eigenvalue weighted by atomic mass is 16.6. The Labute approximate surface area is 131 Å². The molecule has 1 atom stereocenters. The zero-order valence-electron chi connectivity index (χ0n) is 13.7. The molecule has 1 amide bonds. The number of benzene rings is 1. The number of aryl methyl sites for hydroxylation is 1. The predicted octanol–water partition coefficient (Wildman–Crippen LogP) is 3.16. The van der Waals surface area contributed by atoms with Crippen LogP contribution in [-0.4, -0.2) is 28.8 Å². The smallest absolute Gasteiger partial charge is 0.408 e. The van der Waals surface area contributed by atoms with Gasteiger partial charge >= 0.3 is 12.1 Å². The molecule has 0 radical (unpaired) electrons. The molecule has 1 aromatic rings. The number of hydrogen-bond acceptors (Lipinski definition) is 3. The first-order chi connectivity index (χ1) is 10.2. The molecule has 0 aliphatic carbocycles. The van der Waals surface area contributed by atoms with Crippen molar-refractivity contribution in [1.29, 1.82) is 0 Å². The summed E-state index contributed by atoms with van der Waals surface area (Å²) in [6.07, 6.45) is 1.57. The van der Waals surface area contributed by atoms with Crippen molar-refractivity contribution in [3.63, 3.8) is 0 Å². The van der Waals surface area contributed by atoms with Gasteiger partial charge in [-0.1, -0.05) is 37.6 Å². The number of nitrogens with one attached hydrogen (secondary N) is 1. The Balaban J connectivity index is 2.68. The van der Waals surface area contributed by atoms with Crippen LogP contribution in [0.2, 0.25) is 0 Å². The topological polar surface area (TPSA) is 75.6 Å². The number of hydrogen-bond donors (Lipinski definition) is 2. The molecule has 0 saturated carbocycles. The van der Waals surface area contributed by atoms with Gasteiger partial charge in [0, 0.05) is 6.42 Å². The number of carbonyl (C=O) groups is 2. The SMILES string of the molecule is CCCc1ccc(C[C@H](NC(=O)OC(C)(C)C)C(=O)O)cc1. The van der Waals surface area contributed by atoms with Crippen LogP contribution in [0, 0.1) is 0 Å². The maximum Gasteiger partial charge on any atom is 0.408 e. The third-order valence-electron chi connectivity index (χ3n) is 2.99. The molecule has 5 heteroatoms. The molecular weight excluding hydrogens is 282 g/mol. The highest BCUT2D eigenvalue weighted by Gasteiger charge is 2.24. The van der Waals surface area contributed by atoms with Gasteiger partial charge in [0.05, 0.1) is 0 Å². The van der Waals surface area contributed by atoms with E-state index in [1.165, 1.54) is 5.56 Å². The average Bonchev–Trinajstić information content (AvgIpc) is 2.38. The normalized spacial score (nSPS) is 12.5. The maximum atomic E-state index is 11.7. The molecule has 0 fully saturated rings. The van der Waals surface area contributed by atoms with E-state index in [4.69, 9.17) is 4.74 Å². The van der Waals surface area contributed by atoms with Crippen LogP contribution < -0.4 is 5.32 Å². The molecule has 2 N–H and O–H groups in total. The van der Waals surface area contributed by atoms with Crippen LogP contribution in [0.15, 0.2) is 24.3 Å². The summed E-state index contributed by atoms with van der Waals surface area (Å²) < 4.78 is 5.09. The lowest BCUT2D eigenvalue weighted by Gasteiger charge is -2.22. The van der Waals surface area contributed by atoms with Crippen molar-refractivity contribution >= 4 is 12.1 Å². The number of carbonyl (C=O) groups excluding carboxylic acids is 1. The third kappa shape index (κ3) is 6.61. The first-order valence-corrected chi connectivity index (χ1v) is 7.51. The van der Waals surface area contributed by atoms with Crippen molar-refractivity contribution in [1.82, 2.24) is 5.32 Å². The molecule has 1 aromatic carbocycles. The first-order valence-electron chi connectivity index (χ1n) is 7.51. The van der Waals surface area contributed by atoms with Crippen LogP contribution in [-0.2, 0) is 22.4 Å². The molecule has 0 spiro atoms. The summed E-state index contributed by atoms with van der Waals surface area (Å²) >= 11 is 0. The fraction of sp³-hybridized carbons (Fsp3) is 0.529. The van der Waals surface area contributed by atoms with Gasteiger partial charge in [0.2, 0.25) is 0 Å². The number of carboxylic acid groups (broad SMARTS) is 1. The van der Waals surface area contributed by atoms with Crippen molar-refractivity contribution in [2.45, 2.75) is 58.6 Å². The number of rotatable bonds is 6. The van der Waals surface area contributed by atoms with Gasteiger partial charge in [-0.3, -0.25) is 0 Å². The number of carboxylic acids is 1. The van der Waals surface area contributed by atoms with E-state index in [9.17, 15) is 14.7 Å². The molecule has 0 aliphatic rings. The Bertz CT molecular complexity index is 502. The van der Waals surface area contributed by atoms with Crippen molar-refractivity contribution in [2.75, 3.05) is 0 Å². The Morgan fingerprint density at radius 3 is 2.18 bits per heavy atom. The Hall–Kier alpha value is -2.04. The number of alkyl carbamates (subject to hydrolysis) is 1. The van der Waals surface area contributed by atoms with Crippen LogP contribution in [0.4, 0.5) is 4.79 Å². The summed E-state index contributed by atoms with van der Waals surface area (Å²) in [5.74, 6) is -1.08.